The monoisotopic (exact) mass is 261 g/mol. The predicted octanol–water partition coefficient (Wildman–Crippen LogP) is 0.984. The van der Waals surface area contributed by atoms with Gasteiger partial charge in [-0.15, -0.1) is 0 Å². The van der Waals surface area contributed by atoms with Crippen LogP contribution in [0.4, 0.5) is 5.69 Å². The highest BCUT2D eigenvalue weighted by Gasteiger charge is 2.36. The molecule has 1 saturated heterocycles. The molecule has 5 heteroatoms. The van der Waals surface area contributed by atoms with Crippen molar-refractivity contribution in [2.75, 3.05) is 25.5 Å². The van der Waals surface area contributed by atoms with Crippen molar-refractivity contribution in [2.24, 2.45) is 5.41 Å². The Balaban J connectivity index is 2.11. The largest absolute Gasteiger partial charge is 0.355 e. The van der Waals surface area contributed by atoms with Crippen LogP contribution in [-0.2, 0) is 4.79 Å². The van der Waals surface area contributed by atoms with Gasteiger partial charge in [-0.25, -0.2) is 0 Å². The van der Waals surface area contributed by atoms with Gasteiger partial charge in [0.25, 0.3) is 5.91 Å². The van der Waals surface area contributed by atoms with Gasteiger partial charge in [-0.2, -0.15) is 0 Å². The molecule has 1 aromatic rings. The van der Waals surface area contributed by atoms with E-state index in [1.807, 2.05) is 6.92 Å². The van der Waals surface area contributed by atoms with Gasteiger partial charge in [0.2, 0.25) is 5.91 Å². The molecule has 102 valence electrons. The van der Waals surface area contributed by atoms with E-state index in [9.17, 15) is 9.59 Å². The summed E-state index contributed by atoms with van der Waals surface area (Å²) >= 11 is 0. The van der Waals surface area contributed by atoms with Crippen LogP contribution in [0.1, 0.15) is 23.7 Å². The van der Waals surface area contributed by atoms with Gasteiger partial charge in [-0.05, 0) is 38.1 Å². The van der Waals surface area contributed by atoms with Gasteiger partial charge in [0, 0.05) is 24.8 Å². The second kappa shape index (κ2) is 5.40. The second-order valence-corrected chi connectivity index (χ2v) is 5.10. The topological polar surface area (TPSA) is 70.2 Å². The van der Waals surface area contributed by atoms with E-state index in [-0.39, 0.29) is 17.2 Å². The van der Waals surface area contributed by atoms with Crippen LogP contribution in [0.5, 0.6) is 0 Å². The number of benzene rings is 1. The molecule has 0 spiro atoms. The van der Waals surface area contributed by atoms with Crippen molar-refractivity contribution >= 4 is 17.5 Å². The van der Waals surface area contributed by atoms with Crippen LogP contribution < -0.4 is 16.0 Å². The highest BCUT2D eigenvalue weighted by molar-refractivity contribution is 5.98. The SMILES string of the molecule is CNC(=O)c1cccc(NC(=O)C2(C)CCNC2)c1. The van der Waals surface area contributed by atoms with Crippen LogP contribution in [0.25, 0.3) is 0 Å². The van der Waals surface area contributed by atoms with Crippen molar-refractivity contribution in [1.82, 2.24) is 10.6 Å². The molecule has 1 atom stereocenters. The van der Waals surface area contributed by atoms with Crippen molar-refractivity contribution in [3.8, 4) is 0 Å². The number of amides is 2. The lowest BCUT2D eigenvalue weighted by atomic mass is 9.88. The maximum Gasteiger partial charge on any atom is 0.251 e. The van der Waals surface area contributed by atoms with Gasteiger partial charge in [0.1, 0.15) is 0 Å². The fraction of sp³-hybridized carbons (Fsp3) is 0.429. The first-order valence-corrected chi connectivity index (χ1v) is 6.39. The molecule has 0 saturated carbocycles. The van der Waals surface area contributed by atoms with E-state index < -0.39 is 0 Å². The summed E-state index contributed by atoms with van der Waals surface area (Å²) in [5, 5.41) is 8.64. The lowest BCUT2D eigenvalue weighted by molar-refractivity contribution is -0.123. The molecular formula is C14H19N3O2. The maximum atomic E-state index is 12.2. The minimum atomic E-state index is -0.372. The van der Waals surface area contributed by atoms with E-state index in [4.69, 9.17) is 0 Å². The highest BCUT2D eigenvalue weighted by Crippen LogP contribution is 2.26. The smallest absolute Gasteiger partial charge is 0.251 e. The molecule has 1 heterocycles. The third-order valence-electron chi connectivity index (χ3n) is 3.53. The van der Waals surface area contributed by atoms with Crippen LogP contribution >= 0.6 is 0 Å². The van der Waals surface area contributed by atoms with Crippen LogP contribution in [0.3, 0.4) is 0 Å². The molecule has 3 N–H and O–H groups in total. The van der Waals surface area contributed by atoms with Crippen LogP contribution in [0.2, 0.25) is 0 Å². The van der Waals surface area contributed by atoms with Crippen molar-refractivity contribution in [2.45, 2.75) is 13.3 Å². The zero-order chi connectivity index (χ0) is 13.9. The third kappa shape index (κ3) is 2.93. The number of carbonyl (C=O) groups is 2. The van der Waals surface area contributed by atoms with Crippen LogP contribution in [0.15, 0.2) is 24.3 Å². The van der Waals surface area contributed by atoms with Gasteiger partial charge in [-0.3, -0.25) is 9.59 Å². The lowest BCUT2D eigenvalue weighted by Gasteiger charge is -2.21. The maximum absolute atomic E-state index is 12.2. The van der Waals surface area contributed by atoms with Crippen molar-refractivity contribution in [1.29, 1.82) is 0 Å². The molecule has 2 rings (SSSR count). The summed E-state index contributed by atoms with van der Waals surface area (Å²) in [6.07, 6.45) is 0.827. The number of nitrogens with one attached hydrogen (secondary N) is 3. The Labute approximate surface area is 112 Å². The summed E-state index contributed by atoms with van der Waals surface area (Å²) in [6, 6.07) is 6.95. The van der Waals surface area contributed by atoms with Crippen LogP contribution in [-0.4, -0.2) is 32.0 Å². The number of carbonyl (C=O) groups excluding carboxylic acids is 2. The fourth-order valence-corrected chi connectivity index (χ4v) is 2.18. The van der Waals surface area contributed by atoms with E-state index in [1.165, 1.54) is 0 Å². The van der Waals surface area contributed by atoms with Crippen molar-refractivity contribution in [3.63, 3.8) is 0 Å². The second-order valence-electron chi connectivity index (χ2n) is 5.10. The molecule has 0 aromatic heterocycles. The van der Waals surface area contributed by atoms with E-state index in [0.29, 0.717) is 17.8 Å². The van der Waals surface area contributed by atoms with E-state index >= 15 is 0 Å². The zero-order valence-corrected chi connectivity index (χ0v) is 11.2. The molecule has 1 aliphatic rings. The van der Waals surface area contributed by atoms with E-state index in [2.05, 4.69) is 16.0 Å². The Morgan fingerprint density at radius 1 is 1.37 bits per heavy atom. The molecule has 1 aromatic carbocycles. The Morgan fingerprint density at radius 2 is 2.16 bits per heavy atom. The molecule has 5 nitrogen and oxygen atoms in total. The van der Waals surface area contributed by atoms with Crippen molar-refractivity contribution in [3.05, 3.63) is 29.8 Å². The Hall–Kier alpha value is -1.88. The summed E-state index contributed by atoms with van der Waals surface area (Å²) in [6.45, 7) is 3.50. The lowest BCUT2D eigenvalue weighted by Crippen LogP contribution is -2.35. The number of hydrogen-bond acceptors (Lipinski definition) is 3. The summed E-state index contributed by atoms with van der Waals surface area (Å²) in [4.78, 5) is 23.8. The number of rotatable bonds is 3. The number of anilines is 1. The molecule has 19 heavy (non-hydrogen) atoms. The first kappa shape index (κ1) is 13.5. The molecule has 1 unspecified atom stereocenters. The zero-order valence-electron chi connectivity index (χ0n) is 11.2. The first-order valence-electron chi connectivity index (χ1n) is 6.39. The molecule has 0 aliphatic carbocycles. The summed E-state index contributed by atoms with van der Waals surface area (Å²) in [7, 11) is 1.58. The molecule has 0 bridgehead atoms. The Bertz CT molecular complexity index is 493. The normalized spacial score (nSPS) is 22.0. The summed E-state index contributed by atoms with van der Waals surface area (Å²) < 4.78 is 0. The minimum Gasteiger partial charge on any atom is -0.355 e. The molecule has 2 amide bonds. The van der Waals surface area contributed by atoms with Crippen LogP contribution in [0, 0.1) is 5.41 Å². The molecular weight excluding hydrogens is 242 g/mol. The molecule has 1 fully saturated rings. The van der Waals surface area contributed by atoms with Gasteiger partial charge in [-0.1, -0.05) is 6.07 Å². The number of hydrogen-bond donors (Lipinski definition) is 3. The summed E-state index contributed by atoms with van der Waals surface area (Å²) in [5.74, 6) is -0.170. The molecule has 0 radical (unpaired) electrons. The average molecular weight is 261 g/mol. The predicted molar refractivity (Wildman–Crippen MR) is 74.1 cm³/mol. The minimum absolute atomic E-state index is 0.00782. The quantitative estimate of drug-likeness (QED) is 0.759. The Kier molecular flexibility index (Phi) is 3.85. The van der Waals surface area contributed by atoms with E-state index in [0.717, 1.165) is 13.0 Å². The highest BCUT2D eigenvalue weighted by atomic mass is 16.2. The van der Waals surface area contributed by atoms with Gasteiger partial charge in [0.15, 0.2) is 0 Å². The van der Waals surface area contributed by atoms with Crippen molar-refractivity contribution < 1.29 is 9.59 Å². The summed E-state index contributed by atoms with van der Waals surface area (Å²) in [5.41, 5.74) is 0.817. The Morgan fingerprint density at radius 3 is 2.79 bits per heavy atom. The first-order chi connectivity index (χ1) is 9.05. The standard InChI is InChI=1S/C14H19N3O2/c1-14(6-7-16-9-14)13(19)17-11-5-3-4-10(8-11)12(18)15-2/h3-5,8,16H,6-7,9H2,1-2H3,(H,15,18)(H,17,19). The average Bonchev–Trinajstić information content (AvgIpc) is 2.86. The third-order valence-corrected chi connectivity index (χ3v) is 3.53. The van der Waals surface area contributed by atoms with Gasteiger partial charge >= 0.3 is 0 Å². The van der Waals surface area contributed by atoms with Gasteiger partial charge in [0.05, 0.1) is 5.41 Å². The van der Waals surface area contributed by atoms with E-state index in [1.54, 1.807) is 31.3 Å². The fourth-order valence-electron chi connectivity index (χ4n) is 2.18. The molecule has 1 aliphatic heterocycles. The van der Waals surface area contributed by atoms with Gasteiger partial charge < -0.3 is 16.0 Å².